The van der Waals surface area contributed by atoms with Crippen molar-refractivity contribution < 1.29 is 23.0 Å². The van der Waals surface area contributed by atoms with Crippen molar-refractivity contribution in [1.29, 1.82) is 0 Å². The van der Waals surface area contributed by atoms with E-state index in [9.17, 15) is 8.78 Å². The fourth-order valence-corrected chi connectivity index (χ4v) is 3.57. The molecular formula is C18H19ClF2N2O3S. The molecule has 2 heterocycles. The smallest absolute Gasteiger partial charge is 0.219 e. The molecule has 1 fully saturated rings. The zero-order valence-corrected chi connectivity index (χ0v) is 16.6. The van der Waals surface area contributed by atoms with Crippen LogP contribution in [0.4, 0.5) is 8.78 Å². The highest BCUT2D eigenvalue weighted by Crippen LogP contribution is 2.28. The second-order valence-corrected chi connectivity index (χ2v) is 7.83. The molecule has 0 spiro atoms. The van der Waals surface area contributed by atoms with Gasteiger partial charge in [-0.2, -0.15) is 4.98 Å². The quantitative estimate of drug-likeness (QED) is 0.389. The highest BCUT2D eigenvalue weighted by molar-refractivity contribution is 7.98. The molecule has 1 saturated heterocycles. The van der Waals surface area contributed by atoms with Gasteiger partial charge in [0.2, 0.25) is 5.88 Å². The van der Waals surface area contributed by atoms with Gasteiger partial charge in [-0.15, -0.1) is 0 Å². The molecule has 0 amide bonds. The average Bonchev–Trinajstić information content (AvgIpc) is 2.96. The second-order valence-electron chi connectivity index (χ2n) is 6.50. The van der Waals surface area contributed by atoms with Gasteiger partial charge >= 0.3 is 0 Å². The second kappa shape index (κ2) is 8.26. The van der Waals surface area contributed by atoms with Crippen LogP contribution in [0.2, 0.25) is 5.15 Å². The Morgan fingerprint density at radius 1 is 1.37 bits per heavy atom. The maximum absolute atomic E-state index is 13.8. The van der Waals surface area contributed by atoms with E-state index in [1.165, 1.54) is 18.2 Å². The Bertz CT molecular complexity index is 825. The van der Waals surface area contributed by atoms with Crippen molar-refractivity contribution in [3.63, 3.8) is 0 Å². The van der Waals surface area contributed by atoms with Crippen LogP contribution in [0.5, 0.6) is 5.88 Å². The lowest BCUT2D eigenvalue weighted by atomic mass is 10.2. The van der Waals surface area contributed by atoms with E-state index in [-0.39, 0.29) is 34.6 Å². The van der Waals surface area contributed by atoms with Gasteiger partial charge in [0.05, 0.1) is 6.61 Å². The van der Waals surface area contributed by atoms with E-state index in [1.807, 2.05) is 20.8 Å². The Morgan fingerprint density at radius 2 is 2.15 bits per heavy atom. The van der Waals surface area contributed by atoms with E-state index in [2.05, 4.69) is 9.97 Å². The minimum Gasteiger partial charge on any atom is -0.472 e. The van der Waals surface area contributed by atoms with Crippen LogP contribution in [0, 0.1) is 11.6 Å². The molecule has 1 unspecified atom stereocenters. The first-order valence-electron chi connectivity index (χ1n) is 8.32. The number of thioether (sulfide) groups is 1. The zero-order valence-electron chi connectivity index (χ0n) is 15.0. The molecule has 27 heavy (non-hydrogen) atoms. The van der Waals surface area contributed by atoms with Crippen molar-refractivity contribution in [2.45, 2.75) is 49.7 Å². The number of halogens is 3. The van der Waals surface area contributed by atoms with Gasteiger partial charge in [-0.25, -0.2) is 13.8 Å². The summed E-state index contributed by atoms with van der Waals surface area (Å²) in [4.78, 5) is 8.38. The van der Waals surface area contributed by atoms with Crippen LogP contribution in [-0.2, 0) is 15.2 Å². The molecule has 146 valence electrons. The summed E-state index contributed by atoms with van der Waals surface area (Å²) in [5.74, 6) is -1.98. The Labute approximate surface area is 165 Å². The van der Waals surface area contributed by atoms with Gasteiger partial charge in [0.15, 0.2) is 22.6 Å². The number of ether oxygens (including phenoxy) is 3. The molecule has 2 aromatic rings. The topological polar surface area (TPSA) is 53.5 Å². The lowest BCUT2D eigenvalue weighted by Gasteiger charge is -2.21. The van der Waals surface area contributed by atoms with Crippen LogP contribution in [-0.4, -0.2) is 34.6 Å². The summed E-state index contributed by atoms with van der Waals surface area (Å²) < 4.78 is 44.2. The van der Waals surface area contributed by atoms with Gasteiger partial charge in [0.1, 0.15) is 17.4 Å². The van der Waals surface area contributed by atoms with Crippen molar-refractivity contribution in [1.82, 2.24) is 9.97 Å². The minimum atomic E-state index is -0.889. The minimum absolute atomic E-state index is 0.159. The number of hydrogen-bond donors (Lipinski definition) is 0. The molecule has 3 rings (SSSR count). The summed E-state index contributed by atoms with van der Waals surface area (Å²) in [7, 11) is 0. The monoisotopic (exact) mass is 416 g/mol. The maximum Gasteiger partial charge on any atom is 0.219 e. The highest BCUT2D eigenvalue weighted by atomic mass is 35.5. The third kappa shape index (κ3) is 5.28. The molecule has 5 nitrogen and oxygen atoms in total. The summed E-state index contributed by atoms with van der Waals surface area (Å²) in [6.45, 7) is 5.93. The molecule has 0 radical (unpaired) electrons. The molecule has 0 N–H and O–H groups in total. The summed E-state index contributed by atoms with van der Waals surface area (Å²) in [6, 6.07) is 5.53. The predicted octanol–water partition coefficient (Wildman–Crippen LogP) is 4.62. The summed E-state index contributed by atoms with van der Waals surface area (Å²) in [5, 5.41) is 0.496. The Kier molecular flexibility index (Phi) is 6.20. The molecule has 1 aromatic carbocycles. The van der Waals surface area contributed by atoms with Crippen LogP contribution in [0.1, 0.15) is 26.3 Å². The van der Waals surface area contributed by atoms with Crippen molar-refractivity contribution in [2.75, 3.05) is 6.61 Å². The molecule has 0 saturated carbocycles. The first kappa shape index (κ1) is 20.3. The van der Waals surface area contributed by atoms with Gasteiger partial charge in [0.25, 0.3) is 0 Å². The molecule has 0 bridgehead atoms. The number of nitrogens with zero attached hydrogens (tertiary/aromatic N) is 2. The maximum atomic E-state index is 13.8. The van der Waals surface area contributed by atoms with Gasteiger partial charge in [-0.1, -0.05) is 35.5 Å². The largest absolute Gasteiger partial charge is 0.472 e. The Balaban J connectivity index is 1.66. The molecule has 1 aliphatic rings. The fraction of sp³-hybridized carbons (Fsp3) is 0.444. The molecule has 0 aliphatic carbocycles. The molecule has 9 heteroatoms. The predicted molar refractivity (Wildman–Crippen MR) is 98.0 cm³/mol. The van der Waals surface area contributed by atoms with E-state index >= 15 is 0 Å². The van der Waals surface area contributed by atoms with Gasteiger partial charge < -0.3 is 14.2 Å². The van der Waals surface area contributed by atoms with Crippen molar-refractivity contribution in [2.24, 2.45) is 0 Å². The van der Waals surface area contributed by atoms with E-state index in [0.29, 0.717) is 11.8 Å². The third-order valence-corrected chi connectivity index (χ3v) is 4.99. The van der Waals surface area contributed by atoms with Gasteiger partial charge in [0, 0.05) is 17.4 Å². The van der Waals surface area contributed by atoms with Crippen LogP contribution in [0.15, 0.2) is 29.4 Å². The third-order valence-electron chi connectivity index (χ3n) is 3.90. The van der Waals surface area contributed by atoms with Crippen LogP contribution >= 0.6 is 23.4 Å². The first-order valence-corrected chi connectivity index (χ1v) is 9.68. The van der Waals surface area contributed by atoms with E-state index in [0.717, 1.165) is 17.8 Å². The van der Waals surface area contributed by atoms with Crippen LogP contribution in [0.3, 0.4) is 0 Å². The lowest BCUT2D eigenvalue weighted by molar-refractivity contribution is -0.147. The molecular weight excluding hydrogens is 398 g/mol. The fourth-order valence-electron chi connectivity index (χ4n) is 2.52. The van der Waals surface area contributed by atoms with E-state index < -0.39 is 17.4 Å². The van der Waals surface area contributed by atoms with Crippen LogP contribution < -0.4 is 4.74 Å². The van der Waals surface area contributed by atoms with Crippen LogP contribution in [0.25, 0.3) is 0 Å². The standard InChI is InChI=1S/C18H19ClF2N2O3S/c1-10(13-8-24-18(2,3)26-13)25-15-7-14(19)22-17(23-15)27-9-11-5-4-6-12(20)16(11)21/h4-7,10,13H,8-9H2,1-3H3/t10-,13?/m1/s1. The number of aromatic nitrogens is 2. The Morgan fingerprint density at radius 3 is 2.85 bits per heavy atom. The summed E-state index contributed by atoms with van der Waals surface area (Å²) in [5.41, 5.74) is 0.221. The van der Waals surface area contributed by atoms with E-state index in [4.69, 9.17) is 25.8 Å². The van der Waals surface area contributed by atoms with Crippen molar-refractivity contribution >= 4 is 23.4 Å². The van der Waals surface area contributed by atoms with Gasteiger partial charge in [-0.05, 0) is 26.8 Å². The molecule has 1 aromatic heterocycles. The molecule has 1 aliphatic heterocycles. The number of benzene rings is 1. The Hall–Kier alpha value is -1.48. The normalized spacial score (nSPS) is 19.9. The van der Waals surface area contributed by atoms with Crippen molar-refractivity contribution in [3.8, 4) is 5.88 Å². The highest BCUT2D eigenvalue weighted by Gasteiger charge is 2.36. The summed E-state index contributed by atoms with van der Waals surface area (Å²) >= 11 is 7.18. The SMILES string of the molecule is C[C@@H](Oc1cc(Cl)nc(SCc2cccc(F)c2F)n1)C1COC(C)(C)O1. The first-order chi connectivity index (χ1) is 12.7. The average molecular weight is 417 g/mol. The number of hydrogen-bond acceptors (Lipinski definition) is 6. The molecule has 2 atom stereocenters. The summed E-state index contributed by atoms with van der Waals surface area (Å²) in [6.07, 6.45) is -0.567. The van der Waals surface area contributed by atoms with E-state index in [1.54, 1.807) is 0 Å². The zero-order chi connectivity index (χ0) is 19.6. The lowest BCUT2D eigenvalue weighted by Crippen LogP contribution is -2.33. The number of rotatable bonds is 6. The van der Waals surface area contributed by atoms with Crippen molar-refractivity contribution in [3.05, 3.63) is 46.6 Å². The van der Waals surface area contributed by atoms with Gasteiger partial charge in [-0.3, -0.25) is 0 Å².